The van der Waals surface area contributed by atoms with Gasteiger partial charge in [-0.15, -0.1) is 0 Å². The Morgan fingerprint density at radius 3 is 2.80 bits per heavy atom. The molecule has 176 valence electrons. The maximum absolute atomic E-state index is 13.6. The molecule has 0 spiro atoms. The van der Waals surface area contributed by atoms with Crippen LogP contribution in [0.3, 0.4) is 0 Å². The van der Waals surface area contributed by atoms with Crippen LogP contribution in [-0.2, 0) is 27.8 Å². The van der Waals surface area contributed by atoms with Gasteiger partial charge in [0.05, 0.1) is 23.2 Å². The molecule has 2 amide bonds. The van der Waals surface area contributed by atoms with Crippen molar-refractivity contribution < 1.29 is 9.59 Å². The number of benzene rings is 2. The first-order valence-corrected chi connectivity index (χ1v) is 11.9. The van der Waals surface area contributed by atoms with Crippen LogP contribution < -0.4 is 9.80 Å². The summed E-state index contributed by atoms with van der Waals surface area (Å²) in [5.41, 5.74) is 5.23. The highest BCUT2D eigenvalue weighted by molar-refractivity contribution is 6.05. The van der Waals surface area contributed by atoms with Gasteiger partial charge in [0, 0.05) is 54.9 Å². The van der Waals surface area contributed by atoms with Crippen LogP contribution in [0.4, 0.5) is 11.4 Å². The van der Waals surface area contributed by atoms with Crippen molar-refractivity contribution in [3.63, 3.8) is 0 Å². The number of aromatic nitrogens is 2. The van der Waals surface area contributed by atoms with Crippen LogP contribution in [0.2, 0.25) is 0 Å². The van der Waals surface area contributed by atoms with Gasteiger partial charge in [-0.25, -0.2) is 0 Å². The fourth-order valence-corrected chi connectivity index (χ4v) is 5.10. The van der Waals surface area contributed by atoms with Crippen molar-refractivity contribution in [2.24, 2.45) is 5.92 Å². The molecule has 3 aromatic rings. The number of aryl methyl sites for hydroxylation is 2. The van der Waals surface area contributed by atoms with Crippen molar-refractivity contribution >= 4 is 23.2 Å². The number of fused-ring (bicyclic) bond motifs is 1. The van der Waals surface area contributed by atoms with E-state index in [1.54, 1.807) is 41.7 Å². The first-order chi connectivity index (χ1) is 16.9. The van der Waals surface area contributed by atoms with E-state index in [0.29, 0.717) is 24.3 Å². The third kappa shape index (κ3) is 4.40. The van der Waals surface area contributed by atoms with Crippen LogP contribution in [0.5, 0.6) is 0 Å². The smallest absolute Gasteiger partial charge is 0.232 e. The van der Waals surface area contributed by atoms with Crippen molar-refractivity contribution in [3.05, 3.63) is 83.4 Å². The van der Waals surface area contributed by atoms with E-state index in [9.17, 15) is 14.9 Å². The molecule has 0 saturated carbocycles. The zero-order valence-corrected chi connectivity index (χ0v) is 19.9. The van der Waals surface area contributed by atoms with Gasteiger partial charge in [0.15, 0.2) is 0 Å². The Balaban J connectivity index is 1.33. The van der Waals surface area contributed by atoms with Crippen LogP contribution in [0.15, 0.2) is 61.1 Å². The normalized spacial score (nSPS) is 18.4. The van der Waals surface area contributed by atoms with Crippen molar-refractivity contribution in [1.29, 1.82) is 5.26 Å². The molecule has 0 N–H and O–H groups in total. The quantitative estimate of drug-likeness (QED) is 0.572. The molecule has 7 heteroatoms. The zero-order valence-electron chi connectivity index (χ0n) is 19.9. The molecule has 2 aromatic carbocycles. The molecule has 2 aliphatic rings. The molecule has 1 fully saturated rings. The van der Waals surface area contributed by atoms with Crippen LogP contribution in [0.25, 0.3) is 0 Å². The van der Waals surface area contributed by atoms with Gasteiger partial charge in [-0.2, -0.15) is 5.26 Å². The van der Waals surface area contributed by atoms with Gasteiger partial charge in [-0.1, -0.05) is 32.0 Å². The number of amides is 2. The lowest BCUT2D eigenvalue weighted by Gasteiger charge is -2.23. The number of hydrogen-bond donors (Lipinski definition) is 0. The van der Waals surface area contributed by atoms with E-state index in [0.717, 1.165) is 29.8 Å². The van der Waals surface area contributed by atoms with Crippen LogP contribution in [0, 0.1) is 17.2 Å². The first kappa shape index (κ1) is 22.7. The van der Waals surface area contributed by atoms with E-state index < -0.39 is 5.92 Å². The van der Waals surface area contributed by atoms with E-state index in [-0.39, 0.29) is 23.7 Å². The number of hydrogen-bond acceptors (Lipinski definition) is 5. The minimum absolute atomic E-state index is 0.0172. The van der Waals surface area contributed by atoms with E-state index in [2.05, 4.69) is 42.0 Å². The molecule has 1 unspecified atom stereocenters. The van der Waals surface area contributed by atoms with Gasteiger partial charge in [0.1, 0.15) is 0 Å². The van der Waals surface area contributed by atoms with Crippen molar-refractivity contribution in [3.8, 4) is 6.07 Å². The molecule has 2 aliphatic heterocycles. The third-order valence-electron chi connectivity index (χ3n) is 6.95. The van der Waals surface area contributed by atoms with Gasteiger partial charge in [0.2, 0.25) is 11.8 Å². The number of nitriles is 1. The second-order valence-electron chi connectivity index (χ2n) is 9.92. The second-order valence-corrected chi connectivity index (χ2v) is 9.92. The summed E-state index contributed by atoms with van der Waals surface area (Å²) in [5.74, 6) is -0.515. The summed E-state index contributed by atoms with van der Waals surface area (Å²) in [6, 6.07) is 15.4. The second kappa shape index (κ2) is 8.95. The number of rotatable bonds is 5. The average Bonchev–Trinajstić information content (AvgIpc) is 3.39. The van der Waals surface area contributed by atoms with Crippen LogP contribution in [-0.4, -0.2) is 34.9 Å². The largest absolute Gasteiger partial charge is 0.312 e. The molecular weight excluding hydrogens is 438 g/mol. The summed E-state index contributed by atoms with van der Waals surface area (Å²) < 4.78 is 0. The molecule has 1 aromatic heterocycles. The number of carbonyl (C=O) groups is 2. The summed E-state index contributed by atoms with van der Waals surface area (Å²) in [4.78, 5) is 38.4. The molecule has 0 aliphatic carbocycles. The summed E-state index contributed by atoms with van der Waals surface area (Å²) in [6.07, 6.45) is 7.01. The average molecular weight is 466 g/mol. The lowest BCUT2D eigenvalue weighted by Crippen LogP contribution is -2.39. The van der Waals surface area contributed by atoms with E-state index in [1.807, 2.05) is 17.0 Å². The van der Waals surface area contributed by atoms with Crippen molar-refractivity contribution in [2.45, 2.75) is 38.5 Å². The molecular formula is C28H27N5O2. The molecule has 1 atom stereocenters. The topological polar surface area (TPSA) is 90.2 Å². The maximum Gasteiger partial charge on any atom is 0.232 e. The highest BCUT2D eigenvalue weighted by Gasteiger charge is 2.43. The standard InChI is InChI=1S/C28H27N5O2/c1-28(2)18-33(25-9-7-19(13-24(25)28)6-8-22-16-30-10-11-31-22)27(35)21-14-26(34)32(17-21)23-5-3-4-20(12-23)15-29/h3-5,7,9-13,16,21H,6,8,14,17-18H2,1-2H3. The summed E-state index contributed by atoms with van der Waals surface area (Å²) in [5, 5.41) is 9.19. The molecule has 0 radical (unpaired) electrons. The molecule has 5 rings (SSSR count). The van der Waals surface area contributed by atoms with E-state index in [1.165, 1.54) is 5.56 Å². The van der Waals surface area contributed by atoms with Gasteiger partial charge < -0.3 is 9.80 Å². The van der Waals surface area contributed by atoms with Gasteiger partial charge in [-0.3, -0.25) is 19.6 Å². The lowest BCUT2D eigenvalue weighted by atomic mass is 9.85. The molecule has 35 heavy (non-hydrogen) atoms. The predicted octanol–water partition coefficient (Wildman–Crippen LogP) is 3.81. The Hall–Kier alpha value is -4.05. The Morgan fingerprint density at radius 2 is 2.03 bits per heavy atom. The van der Waals surface area contributed by atoms with Crippen molar-refractivity contribution in [2.75, 3.05) is 22.9 Å². The third-order valence-corrected chi connectivity index (χ3v) is 6.95. The molecule has 3 heterocycles. The minimum atomic E-state index is -0.411. The SMILES string of the molecule is CC1(C)CN(C(=O)C2CC(=O)N(c3cccc(C#N)c3)C2)c2ccc(CCc3cnccn3)cc21. The Morgan fingerprint density at radius 1 is 1.17 bits per heavy atom. The monoisotopic (exact) mass is 465 g/mol. The summed E-state index contributed by atoms with van der Waals surface area (Å²) >= 11 is 0. The fraction of sp³-hybridized carbons (Fsp3) is 0.321. The van der Waals surface area contributed by atoms with E-state index >= 15 is 0 Å². The Kier molecular flexibility index (Phi) is 5.81. The Bertz CT molecular complexity index is 1330. The summed E-state index contributed by atoms with van der Waals surface area (Å²) in [6.45, 7) is 5.23. The zero-order chi connectivity index (χ0) is 24.6. The van der Waals surface area contributed by atoms with Gasteiger partial charge in [0.25, 0.3) is 0 Å². The van der Waals surface area contributed by atoms with E-state index in [4.69, 9.17) is 0 Å². The molecule has 0 bridgehead atoms. The van der Waals surface area contributed by atoms with Crippen LogP contribution >= 0.6 is 0 Å². The van der Waals surface area contributed by atoms with Gasteiger partial charge >= 0.3 is 0 Å². The maximum atomic E-state index is 13.6. The van der Waals surface area contributed by atoms with Gasteiger partial charge in [-0.05, 0) is 48.2 Å². The lowest BCUT2D eigenvalue weighted by molar-refractivity contribution is -0.124. The minimum Gasteiger partial charge on any atom is -0.312 e. The predicted molar refractivity (Wildman–Crippen MR) is 133 cm³/mol. The number of nitrogens with zero attached hydrogens (tertiary/aromatic N) is 5. The van der Waals surface area contributed by atoms with Crippen molar-refractivity contribution in [1.82, 2.24) is 9.97 Å². The highest BCUT2D eigenvalue weighted by atomic mass is 16.2. The highest BCUT2D eigenvalue weighted by Crippen LogP contribution is 2.42. The molecule has 1 saturated heterocycles. The first-order valence-electron chi connectivity index (χ1n) is 11.9. The molecule has 7 nitrogen and oxygen atoms in total. The number of anilines is 2. The number of carbonyl (C=O) groups excluding carboxylic acids is 2. The fourth-order valence-electron chi connectivity index (χ4n) is 5.10. The summed E-state index contributed by atoms with van der Waals surface area (Å²) in [7, 11) is 0. The Labute approximate surface area is 205 Å². The van der Waals surface area contributed by atoms with Crippen LogP contribution in [0.1, 0.15) is 42.7 Å².